The quantitative estimate of drug-likeness (QED) is 0.634. The van der Waals surface area contributed by atoms with Crippen LogP contribution < -0.4 is 0 Å². The molecule has 24 heavy (non-hydrogen) atoms. The number of halogens is 1. The van der Waals surface area contributed by atoms with Gasteiger partial charge in [-0.15, -0.1) is 0 Å². The van der Waals surface area contributed by atoms with E-state index in [1.807, 2.05) is 0 Å². The summed E-state index contributed by atoms with van der Waals surface area (Å²) in [5.74, 6) is 1.33. The van der Waals surface area contributed by atoms with Crippen LogP contribution in [0.4, 0.5) is 0 Å². The van der Waals surface area contributed by atoms with Gasteiger partial charge in [0.15, 0.2) is 0 Å². The largest absolute Gasteiger partial charge is 0.412 e. The molecule has 136 valence electrons. The van der Waals surface area contributed by atoms with E-state index in [0.29, 0.717) is 29.4 Å². The number of alkyl halides is 1. The normalized spacial score (nSPS) is 53.7. The van der Waals surface area contributed by atoms with Crippen molar-refractivity contribution in [3.63, 3.8) is 0 Å². The topological polar surface area (TPSA) is 85.9 Å². The Morgan fingerprint density at radius 2 is 1.83 bits per heavy atom. The van der Waals surface area contributed by atoms with Gasteiger partial charge in [0.25, 0.3) is 0 Å². The van der Waals surface area contributed by atoms with E-state index in [0.717, 1.165) is 25.7 Å². The lowest BCUT2D eigenvalue weighted by molar-refractivity contribution is -0.168. The van der Waals surface area contributed by atoms with Crippen LogP contribution in [0.5, 0.6) is 0 Å². The standard InChI is InChI=1S/C19H27BrO3.H2O/c1-18-4-3-13-17(14(18)7-11(20)9-18)15(22)6-10-5-12(21)8-16(23)19(10,13)2;/h10-14,17,21H,3-9H2,1-2H3;1H2/t10?,11?,12?,13-,14+,17-,18-,19+;/m1./s1. The molecule has 0 saturated heterocycles. The fourth-order valence-electron chi connectivity index (χ4n) is 6.74. The Morgan fingerprint density at radius 3 is 2.54 bits per heavy atom. The first-order chi connectivity index (χ1) is 10.8. The number of ketones is 2. The number of rotatable bonds is 0. The summed E-state index contributed by atoms with van der Waals surface area (Å²) in [6.07, 6.45) is 5.22. The van der Waals surface area contributed by atoms with Crippen molar-refractivity contribution in [3.05, 3.63) is 0 Å². The number of Topliss-reactive ketones (excluding diaryl/α,β-unsaturated/α-hetero) is 2. The molecule has 0 spiro atoms. The Balaban J connectivity index is 0.00000169. The fraction of sp³-hybridized carbons (Fsp3) is 0.895. The first-order valence-corrected chi connectivity index (χ1v) is 10.1. The van der Waals surface area contributed by atoms with E-state index in [1.54, 1.807) is 0 Å². The third-order valence-corrected chi connectivity index (χ3v) is 8.70. The van der Waals surface area contributed by atoms with Crippen LogP contribution in [0.3, 0.4) is 0 Å². The minimum Gasteiger partial charge on any atom is -0.412 e. The summed E-state index contributed by atoms with van der Waals surface area (Å²) < 4.78 is 0. The maximum atomic E-state index is 13.0. The van der Waals surface area contributed by atoms with Crippen molar-refractivity contribution in [2.75, 3.05) is 0 Å². The van der Waals surface area contributed by atoms with Crippen molar-refractivity contribution < 1.29 is 20.2 Å². The average Bonchev–Trinajstić information content (AvgIpc) is 2.76. The molecule has 5 heteroatoms. The number of aliphatic hydroxyl groups is 1. The monoisotopic (exact) mass is 400 g/mol. The molecule has 3 unspecified atom stereocenters. The van der Waals surface area contributed by atoms with Gasteiger partial charge in [-0.3, -0.25) is 9.59 Å². The maximum Gasteiger partial charge on any atom is 0.141 e. The van der Waals surface area contributed by atoms with Gasteiger partial charge in [0.2, 0.25) is 0 Å². The highest BCUT2D eigenvalue weighted by molar-refractivity contribution is 9.09. The fourth-order valence-corrected chi connectivity index (χ4v) is 7.88. The van der Waals surface area contributed by atoms with Gasteiger partial charge < -0.3 is 10.6 Å². The van der Waals surface area contributed by atoms with Crippen LogP contribution in [-0.4, -0.2) is 33.1 Å². The van der Waals surface area contributed by atoms with Gasteiger partial charge >= 0.3 is 0 Å². The lowest BCUT2D eigenvalue weighted by atomic mass is 9.44. The number of carbonyl (C=O) groups excluding carboxylic acids is 2. The second-order valence-corrected chi connectivity index (χ2v) is 10.4. The molecule has 0 amide bonds. The van der Waals surface area contributed by atoms with Gasteiger partial charge in [0, 0.05) is 29.0 Å². The summed E-state index contributed by atoms with van der Waals surface area (Å²) in [6, 6.07) is 0. The second kappa shape index (κ2) is 5.88. The Morgan fingerprint density at radius 1 is 1.12 bits per heavy atom. The predicted octanol–water partition coefficient (Wildman–Crippen LogP) is 2.69. The maximum absolute atomic E-state index is 13.0. The smallest absolute Gasteiger partial charge is 0.141 e. The number of carbonyl (C=O) groups is 2. The number of fused-ring (bicyclic) bond motifs is 5. The number of hydrogen-bond donors (Lipinski definition) is 1. The van der Waals surface area contributed by atoms with Crippen molar-refractivity contribution >= 4 is 27.5 Å². The van der Waals surface area contributed by atoms with E-state index in [9.17, 15) is 14.7 Å². The molecule has 3 N–H and O–H groups in total. The summed E-state index contributed by atoms with van der Waals surface area (Å²) in [5, 5.41) is 10.0. The van der Waals surface area contributed by atoms with Crippen LogP contribution in [-0.2, 0) is 9.59 Å². The molecule has 4 saturated carbocycles. The highest BCUT2D eigenvalue weighted by Gasteiger charge is 2.64. The first kappa shape index (κ1) is 18.5. The molecule has 4 rings (SSSR count). The summed E-state index contributed by atoms with van der Waals surface area (Å²) in [7, 11) is 0. The zero-order valence-corrected chi connectivity index (χ0v) is 16.1. The molecule has 4 nitrogen and oxygen atoms in total. The van der Waals surface area contributed by atoms with E-state index in [1.165, 1.54) is 0 Å². The molecule has 0 bridgehead atoms. The molecule has 0 aliphatic heterocycles. The zero-order valence-electron chi connectivity index (χ0n) is 14.6. The van der Waals surface area contributed by atoms with Crippen LogP contribution in [0.1, 0.15) is 58.8 Å². The van der Waals surface area contributed by atoms with Gasteiger partial charge in [0.1, 0.15) is 11.6 Å². The molecule has 0 aromatic rings. The Bertz CT molecular complexity index is 564. The minimum atomic E-state index is -0.544. The highest BCUT2D eigenvalue weighted by atomic mass is 79.9. The minimum absolute atomic E-state index is 0. The SMILES string of the molecule is C[C@]12CC[C@@H]3[C@@H](C(=O)CC4CC(O)CC(=O)[C@@]43C)[C@@H]1CC(Br)C2.O. The van der Waals surface area contributed by atoms with Crippen LogP contribution >= 0.6 is 15.9 Å². The van der Waals surface area contributed by atoms with Crippen molar-refractivity contribution in [3.8, 4) is 0 Å². The Hall–Kier alpha value is -0.260. The van der Waals surface area contributed by atoms with Crippen LogP contribution in [0.2, 0.25) is 0 Å². The third kappa shape index (κ3) is 2.38. The van der Waals surface area contributed by atoms with Crippen LogP contribution in [0, 0.1) is 34.5 Å². The van der Waals surface area contributed by atoms with Crippen molar-refractivity contribution in [1.82, 2.24) is 0 Å². The van der Waals surface area contributed by atoms with Crippen molar-refractivity contribution in [2.24, 2.45) is 34.5 Å². The van der Waals surface area contributed by atoms with E-state index in [4.69, 9.17) is 0 Å². The van der Waals surface area contributed by atoms with Crippen molar-refractivity contribution in [2.45, 2.75) is 69.7 Å². The number of aliphatic hydroxyl groups excluding tert-OH is 1. The van der Waals surface area contributed by atoms with Gasteiger partial charge in [-0.1, -0.05) is 29.8 Å². The molecule has 0 aromatic carbocycles. The van der Waals surface area contributed by atoms with Gasteiger partial charge in [-0.2, -0.15) is 0 Å². The summed E-state index contributed by atoms with van der Waals surface area (Å²) >= 11 is 3.79. The lowest BCUT2D eigenvalue weighted by Gasteiger charge is -2.58. The second-order valence-electron chi connectivity index (χ2n) is 9.14. The first-order valence-electron chi connectivity index (χ1n) is 9.14. The molecular weight excluding hydrogens is 372 g/mol. The molecular formula is C19H29BrO4. The van der Waals surface area contributed by atoms with E-state index in [-0.39, 0.29) is 46.3 Å². The van der Waals surface area contributed by atoms with Crippen LogP contribution in [0.15, 0.2) is 0 Å². The van der Waals surface area contributed by atoms with E-state index >= 15 is 0 Å². The molecule has 0 aromatic heterocycles. The molecule has 4 aliphatic rings. The van der Waals surface area contributed by atoms with Gasteiger partial charge in [0.05, 0.1) is 6.10 Å². The van der Waals surface area contributed by atoms with Gasteiger partial charge in [-0.05, 0) is 55.3 Å². The third-order valence-electron chi connectivity index (χ3n) is 8.00. The zero-order chi connectivity index (χ0) is 16.6. The van der Waals surface area contributed by atoms with E-state index < -0.39 is 6.10 Å². The summed E-state index contributed by atoms with van der Waals surface area (Å²) in [4.78, 5) is 26.4. The molecule has 4 fully saturated rings. The molecule has 0 heterocycles. The highest BCUT2D eigenvalue weighted by Crippen LogP contribution is 2.65. The van der Waals surface area contributed by atoms with E-state index in [2.05, 4.69) is 29.8 Å². The summed E-state index contributed by atoms with van der Waals surface area (Å²) in [5.41, 5.74) is -0.130. The van der Waals surface area contributed by atoms with Crippen molar-refractivity contribution in [1.29, 1.82) is 0 Å². The average molecular weight is 401 g/mol. The molecule has 4 aliphatic carbocycles. The van der Waals surface area contributed by atoms with Crippen LogP contribution in [0.25, 0.3) is 0 Å². The van der Waals surface area contributed by atoms with Gasteiger partial charge in [-0.25, -0.2) is 0 Å². The Labute approximate surface area is 152 Å². The predicted molar refractivity (Wildman–Crippen MR) is 94.8 cm³/mol. The number of hydrogen-bond acceptors (Lipinski definition) is 3. The lowest BCUT2D eigenvalue weighted by Crippen LogP contribution is -2.60. The summed E-state index contributed by atoms with van der Waals surface area (Å²) in [6.45, 7) is 4.46. The Kier molecular flexibility index (Phi) is 4.54. The molecule has 8 atom stereocenters. The molecule has 0 radical (unpaired) electrons.